The van der Waals surface area contributed by atoms with E-state index < -0.39 is 6.04 Å². The van der Waals surface area contributed by atoms with Crippen LogP contribution in [-0.4, -0.2) is 29.9 Å². The average Bonchev–Trinajstić information content (AvgIpc) is 2.30. The molecule has 0 saturated heterocycles. The molecule has 1 saturated carbocycles. The van der Waals surface area contributed by atoms with Crippen molar-refractivity contribution in [3.05, 3.63) is 0 Å². The van der Waals surface area contributed by atoms with Crippen LogP contribution in [0.25, 0.3) is 0 Å². The minimum absolute atomic E-state index is 0.190. The molecule has 0 aromatic heterocycles. The van der Waals surface area contributed by atoms with E-state index in [0.717, 1.165) is 32.0 Å². The van der Waals surface area contributed by atoms with Gasteiger partial charge in [-0.15, -0.1) is 0 Å². The summed E-state index contributed by atoms with van der Waals surface area (Å²) in [5.41, 5.74) is 0. The molecular formula is C12H21NO3. The van der Waals surface area contributed by atoms with Crippen LogP contribution in [0.2, 0.25) is 0 Å². The third-order valence-electron chi connectivity index (χ3n) is 3.12. The van der Waals surface area contributed by atoms with E-state index in [4.69, 9.17) is 4.84 Å². The molecule has 0 aromatic carbocycles. The lowest BCUT2D eigenvalue weighted by Crippen LogP contribution is -2.45. The number of hydroxylamine groups is 2. The highest BCUT2D eigenvalue weighted by Gasteiger charge is 2.30. The molecule has 0 radical (unpaired) electrons. The highest BCUT2D eigenvalue weighted by atomic mass is 16.7. The summed E-state index contributed by atoms with van der Waals surface area (Å²) < 4.78 is 0. The fraction of sp³-hybridized carbons (Fsp3) is 0.833. The number of amides is 1. The molecular weight excluding hydrogens is 206 g/mol. The van der Waals surface area contributed by atoms with E-state index in [1.165, 1.54) is 18.4 Å². The zero-order valence-corrected chi connectivity index (χ0v) is 10.1. The second-order valence-corrected chi connectivity index (χ2v) is 4.29. The monoisotopic (exact) mass is 227 g/mol. The first-order valence-corrected chi connectivity index (χ1v) is 6.08. The molecule has 1 aliphatic rings. The van der Waals surface area contributed by atoms with Crippen molar-refractivity contribution in [2.75, 3.05) is 6.61 Å². The molecule has 16 heavy (non-hydrogen) atoms. The van der Waals surface area contributed by atoms with Crippen LogP contribution in [0, 0.1) is 5.92 Å². The quantitative estimate of drug-likeness (QED) is 0.532. The van der Waals surface area contributed by atoms with Crippen molar-refractivity contribution in [3.8, 4) is 0 Å². The van der Waals surface area contributed by atoms with Crippen LogP contribution in [0.1, 0.15) is 46.0 Å². The van der Waals surface area contributed by atoms with Gasteiger partial charge in [0.2, 0.25) is 5.91 Å². The van der Waals surface area contributed by atoms with Crippen molar-refractivity contribution >= 4 is 12.2 Å². The molecule has 1 atom stereocenters. The van der Waals surface area contributed by atoms with E-state index >= 15 is 0 Å². The molecule has 1 amide bonds. The Bertz CT molecular complexity index is 236. The number of nitrogens with zero attached hydrogens (tertiary/aromatic N) is 1. The minimum Gasteiger partial charge on any atom is -0.301 e. The van der Waals surface area contributed by atoms with Crippen molar-refractivity contribution in [1.82, 2.24) is 5.06 Å². The van der Waals surface area contributed by atoms with E-state index in [0.29, 0.717) is 6.61 Å². The Hall–Kier alpha value is -0.900. The Kier molecular flexibility index (Phi) is 5.46. The first kappa shape index (κ1) is 13.2. The van der Waals surface area contributed by atoms with Gasteiger partial charge < -0.3 is 4.79 Å². The molecule has 0 heterocycles. The summed E-state index contributed by atoms with van der Waals surface area (Å²) in [6, 6.07) is -0.405. The van der Waals surface area contributed by atoms with Crippen LogP contribution in [-0.2, 0) is 14.4 Å². The van der Waals surface area contributed by atoms with Gasteiger partial charge in [0, 0.05) is 6.92 Å². The summed E-state index contributed by atoms with van der Waals surface area (Å²) in [5, 5.41) is 1.25. The first-order valence-electron chi connectivity index (χ1n) is 6.08. The zero-order valence-electron chi connectivity index (χ0n) is 10.1. The van der Waals surface area contributed by atoms with Gasteiger partial charge in [-0.1, -0.05) is 19.3 Å². The van der Waals surface area contributed by atoms with Crippen LogP contribution in [0.15, 0.2) is 0 Å². The van der Waals surface area contributed by atoms with Gasteiger partial charge in [-0.05, 0) is 25.7 Å². The third-order valence-corrected chi connectivity index (χ3v) is 3.12. The highest BCUT2D eigenvalue weighted by molar-refractivity contribution is 5.76. The van der Waals surface area contributed by atoms with Crippen molar-refractivity contribution < 1.29 is 14.4 Å². The molecule has 0 N–H and O–H groups in total. The molecule has 0 spiro atoms. The van der Waals surface area contributed by atoms with E-state index in [9.17, 15) is 9.59 Å². The smallest absolute Gasteiger partial charge is 0.243 e. The Balaban J connectivity index is 2.67. The van der Waals surface area contributed by atoms with Crippen LogP contribution >= 0.6 is 0 Å². The minimum atomic E-state index is -0.405. The lowest BCUT2D eigenvalue weighted by atomic mass is 9.84. The lowest BCUT2D eigenvalue weighted by Gasteiger charge is -2.33. The van der Waals surface area contributed by atoms with Gasteiger partial charge in [0.1, 0.15) is 12.3 Å². The van der Waals surface area contributed by atoms with Crippen molar-refractivity contribution in [1.29, 1.82) is 0 Å². The standard InChI is InChI=1S/C12H21NO3/c1-3-16-13(10(2)15)12(9-14)11-7-5-4-6-8-11/h9,11-12H,3-8H2,1-2H3. The molecule has 1 aliphatic carbocycles. The van der Waals surface area contributed by atoms with Crippen LogP contribution in [0.3, 0.4) is 0 Å². The predicted octanol–water partition coefficient (Wildman–Crippen LogP) is 1.93. The van der Waals surface area contributed by atoms with Gasteiger partial charge >= 0.3 is 0 Å². The normalized spacial score (nSPS) is 19.1. The average molecular weight is 227 g/mol. The summed E-state index contributed by atoms with van der Waals surface area (Å²) in [7, 11) is 0. The van der Waals surface area contributed by atoms with Crippen molar-refractivity contribution in [2.24, 2.45) is 5.92 Å². The fourth-order valence-electron chi connectivity index (χ4n) is 2.36. The number of hydrogen-bond donors (Lipinski definition) is 0. The molecule has 0 aliphatic heterocycles. The Morgan fingerprint density at radius 2 is 2.06 bits per heavy atom. The highest BCUT2D eigenvalue weighted by Crippen LogP contribution is 2.28. The summed E-state index contributed by atoms with van der Waals surface area (Å²) in [5.74, 6) is 0.0752. The van der Waals surface area contributed by atoms with Gasteiger partial charge in [0.25, 0.3) is 0 Å². The van der Waals surface area contributed by atoms with Crippen LogP contribution in [0.4, 0.5) is 0 Å². The Morgan fingerprint density at radius 3 is 2.50 bits per heavy atom. The number of carbonyl (C=O) groups is 2. The van der Waals surface area contributed by atoms with E-state index in [1.807, 2.05) is 6.92 Å². The maximum absolute atomic E-state index is 11.4. The molecule has 92 valence electrons. The summed E-state index contributed by atoms with van der Waals surface area (Å²) in [4.78, 5) is 27.8. The van der Waals surface area contributed by atoms with Gasteiger partial charge in [0.05, 0.1) is 6.61 Å². The molecule has 1 fully saturated rings. The van der Waals surface area contributed by atoms with Gasteiger partial charge in [-0.25, -0.2) is 5.06 Å². The molecule has 0 aromatic rings. The van der Waals surface area contributed by atoms with Crippen molar-refractivity contribution in [3.63, 3.8) is 0 Å². The maximum atomic E-state index is 11.4. The maximum Gasteiger partial charge on any atom is 0.243 e. The lowest BCUT2D eigenvalue weighted by molar-refractivity contribution is -0.201. The first-order chi connectivity index (χ1) is 7.70. The largest absolute Gasteiger partial charge is 0.301 e. The Morgan fingerprint density at radius 1 is 1.44 bits per heavy atom. The molecule has 1 rings (SSSR count). The SMILES string of the molecule is CCON(C(C)=O)C(C=O)C1CCCCC1. The number of rotatable bonds is 5. The van der Waals surface area contributed by atoms with Gasteiger partial charge in [0.15, 0.2) is 0 Å². The summed E-state index contributed by atoms with van der Waals surface area (Å²) >= 11 is 0. The zero-order chi connectivity index (χ0) is 12.0. The molecule has 4 heteroatoms. The topological polar surface area (TPSA) is 46.6 Å². The third kappa shape index (κ3) is 3.30. The van der Waals surface area contributed by atoms with Crippen LogP contribution < -0.4 is 0 Å². The van der Waals surface area contributed by atoms with Crippen molar-refractivity contribution in [2.45, 2.75) is 52.0 Å². The second-order valence-electron chi connectivity index (χ2n) is 4.29. The molecule has 4 nitrogen and oxygen atoms in total. The van der Waals surface area contributed by atoms with Gasteiger partial charge in [-0.2, -0.15) is 0 Å². The number of hydrogen-bond acceptors (Lipinski definition) is 3. The van der Waals surface area contributed by atoms with E-state index in [2.05, 4.69) is 0 Å². The number of aldehydes is 1. The van der Waals surface area contributed by atoms with Gasteiger partial charge in [-0.3, -0.25) is 9.63 Å². The summed E-state index contributed by atoms with van der Waals surface area (Å²) in [6.07, 6.45) is 6.41. The van der Waals surface area contributed by atoms with Crippen LogP contribution in [0.5, 0.6) is 0 Å². The Labute approximate surface area is 96.9 Å². The van der Waals surface area contributed by atoms with E-state index in [1.54, 1.807) is 0 Å². The van der Waals surface area contributed by atoms with E-state index in [-0.39, 0.29) is 11.8 Å². The second kappa shape index (κ2) is 6.63. The molecule has 0 bridgehead atoms. The predicted molar refractivity (Wildman–Crippen MR) is 60.6 cm³/mol. The molecule has 1 unspecified atom stereocenters. The number of carbonyl (C=O) groups excluding carboxylic acids is 2. The summed E-state index contributed by atoms with van der Waals surface area (Å²) in [6.45, 7) is 3.67. The fourth-order valence-corrected chi connectivity index (χ4v) is 2.36.